The molecule has 1 rings (SSSR count). The summed E-state index contributed by atoms with van der Waals surface area (Å²) in [5.41, 5.74) is 1.28. The first-order chi connectivity index (χ1) is 7.87. The summed E-state index contributed by atoms with van der Waals surface area (Å²) in [7, 11) is 1.64. The Bertz CT molecular complexity index is 416. The van der Waals surface area contributed by atoms with Crippen molar-refractivity contribution < 1.29 is 9.53 Å². The highest BCUT2D eigenvalue weighted by molar-refractivity contribution is 9.10. The summed E-state index contributed by atoms with van der Waals surface area (Å²) in [6.45, 7) is 6.26. The van der Waals surface area contributed by atoms with Crippen molar-refractivity contribution in [2.24, 2.45) is 0 Å². The molecule has 0 saturated heterocycles. The van der Waals surface area contributed by atoms with Gasteiger partial charge in [-0.2, -0.15) is 0 Å². The monoisotopic (exact) mass is 299 g/mol. The van der Waals surface area contributed by atoms with E-state index in [2.05, 4.69) is 21.2 Å². The van der Waals surface area contributed by atoms with Crippen LogP contribution < -0.4 is 5.32 Å². The maximum Gasteiger partial charge on any atom is 0.251 e. The molecular formula is C13H18BrNO2. The maximum absolute atomic E-state index is 12.0. The molecule has 0 aromatic heterocycles. The van der Waals surface area contributed by atoms with E-state index in [9.17, 15) is 4.79 Å². The van der Waals surface area contributed by atoms with Crippen molar-refractivity contribution in [1.29, 1.82) is 0 Å². The van der Waals surface area contributed by atoms with Crippen LogP contribution in [-0.2, 0) is 4.74 Å². The molecule has 0 bridgehead atoms. The number of hydrogen-bond acceptors (Lipinski definition) is 2. The van der Waals surface area contributed by atoms with E-state index in [1.165, 1.54) is 0 Å². The first-order valence-corrected chi connectivity index (χ1v) is 6.25. The number of rotatable bonds is 4. The molecule has 1 aromatic carbocycles. The van der Waals surface area contributed by atoms with Gasteiger partial charge in [-0.1, -0.05) is 22.0 Å². The van der Waals surface area contributed by atoms with Crippen molar-refractivity contribution in [3.05, 3.63) is 33.8 Å². The van der Waals surface area contributed by atoms with Crippen LogP contribution in [0.2, 0.25) is 0 Å². The van der Waals surface area contributed by atoms with E-state index >= 15 is 0 Å². The second-order valence-corrected chi connectivity index (χ2v) is 5.41. The normalized spacial score (nSPS) is 11.4. The van der Waals surface area contributed by atoms with Crippen LogP contribution in [0.15, 0.2) is 22.7 Å². The van der Waals surface area contributed by atoms with Gasteiger partial charge in [-0.15, -0.1) is 0 Å². The molecule has 17 heavy (non-hydrogen) atoms. The third kappa shape index (κ3) is 3.82. The summed E-state index contributed by atoms with van der Waals surface area (Å²) >= 11 is 3.41. The molecule has 0 atom stereocenters. The Morgan fingerprint density at radius 3 is 2.71 bits per heavy atom. The lowest BCUT2D eigenvalue weighted by Crippen LogP contribution is -2.39. The van der Waals surface area contributed by atoms with E-state index in [1.807, 2.05) is 39.0 Å². The third-order valence-electron chi connectivity index (χ3n) is 2.74. The van der Waals surface area contributed by atoms with E-state index in [-0.39, 0.29) is 11.5 Å². The lowest BCUT2D eigenvalue weighted by atomic mass is 10.1. The van der Waals surface area contributed by atoms with Crippen LogP contribution in [0.25, 0.3) is 0 Å². The Balaban J connectivity index is 2.74. The second kappa shape index (κ2) is 5.65. The van der Waals surface area contributed by atoms with Crippen LogP contribution in [0.4, 0.5) is 0 Å². The molecular weight excluding hydrogens is 282 g/mol. The number of carbonyl (C=O) groups excluding carboxylic acids is 1. The van der Waals surface area contributed by atoms with Crippen molar-refractivity contribution in [1.82, 2.24) is 5.32 Å². The van der Waals surface area contributed by atoms with Crippen LogP contribution in [0, 0.1) is 6.92 Å². The van der Waals surface area contributed by atoms with Gasteiger partial charge in [-0.05, 0) is 38.5 Å². The molecule has 1 amide bonds. The molecule has 1 N–H and O–H groups in total. The fourth-order valence-electron chi connectivity index (χ4n) is 1.31. The van der Waals surface area contributed by atoms with Crippen LogP contribution in [0.1, 0.15) is 29.8 Å². The molecule has 94 valence electrons. The van der Waals surface area contributed by atoms with Crippen LogP contribution in [0.3, 0.4) is 0 Å². The topological polar surface area (TPSA) is 38.3 Å². The van der Waals surface area contributed by atoms with Gasteiger partial charge in [0.15, 0.2) is 0 Å². The summed E-state index contributed by atoms with van der Waals surface area (Å²) in [4.78, 5) is 12.0. The van der Waals surface area contributed by atoms with Gasteiger partial charge in [0.1, 0.15) is 0 Å². The number of nitrogens with one attached hydrogen (secondary N) is 1. The molecule has 0 unspecified atom stereocenters. The lowest BCUT2D eigenvalue weighted by Gasteiger charge is -2.23. The Hall–Kier alpha value is -0.870. The number of benzene rings is 1. The molecule has 0 saturated carbocycles. The summed E-state index contributed by atoms with van der Waals surface area (Å²) in [6.07, 6.45) is 0. The van der Waals surface area contributed by atoms with Gasteiger partial charge in [0.25, 0.3) is 5.91 Å². The Morgan fingerprint density at radius 2 is 2.12 bits per heavy atom. The quantitative estimate of drug-likeness (QED) is 0.928. The van der Waals surface area contributed by atoms with E-state index < -0.39 is 0 Å². The Morgan fingerprint density at radius 1 is 1.47 bits per heavy atom. The zero-order valence-corrected chi connectivity index (χ0v) is 12.2. The smallest absolute Gasteiger partial charge is 0.251 e. The summed E-state index contributed by atoms with van der Waals surface area (Å²) < 4.78 is 6.19. The zero-order valence-electron chi connectivity index (χ0n) is 10.6. The van der Waals surface area contributed by atoms with Gasteiger partial charge in [-0.25, -0.2) is 0 Å². The predicted molar refractivity (Wildman–Crippen MR) is 72.3 cm³/mol. The second-order valence-electron chi connectivity index (χ2n) is 4.56. The summed E-state index contributed by atoms with van der Waals surface area (Å²) in [5, 5.41) is 2.87. The molecule has 0 fully saturated rings. The number of hydrogen-bond donors (Lipinski definition) is 1. The Labute approximate surface area is 111 Å². The van der Waals surface area contributed by atoms with E-state index in [0.29, 0.717) is 12.1 Å². The van der Waals surface area contributed by atoms with Crippen molar-refractivity contribution >= 4 is 21.8 Å². The molecule has 0 heterocycles. The minimum atomic E-state index is -0.352. The lowest BCUT2D eigenvalue weighted by molar-refractivity contribution is 0.0228. The molecule has 0 aliphatic heterocycles. The number of ether oxygens (including phenoxy) is 1. The molecule has 4 heteroatoms. The van der Waals surface area contributed by atoms with Gasteiger partial charge < -0.3 is 10.1 Å². The third-order valence-corrected chi connectivity index (χ3v) is 3.60. The highest BCUT2D eigenvalue weighted by Gasteiger charge is 2.18. The Kier molecular flexibility index (Phi) is 4.71. The first kappa shape index (κ1) is 14.2. The molecule has 3 nitrogen and oxygen atoms in total. The zero-order chi connectivity index (χ0) is 13.1. The number of amides is 1. The molecule has 0 aliphatic rings. The standard InChI is InChI=1S/C13H18BrNO2/c1-9-10(6-5-7-11(9)14)12(16)15-8-13(2,3)17-4/h5-7H,8H2,1-4H3,(H,15,16). The predicted octanol–water partition coefficient (Wildman–Crippen LogP) is 2.91. The van der Waals surface area contributed by atoms with Gasteiger partial charge in [0.2, 0.25) is 0 Å². The van der Waals surface area contributed by atoms with Gasteiger partial charge >= 0.3 is 0 Å². The highest BCUT2D eigenvalue weighted by atomic mass is 79.9. The van der Waals surface area contributed by atoms with Crippen LogP contribution in [-0.4, -0.2) is 25.2 Å². The number of methoxy groups -OCH3 is 1. The number of carbonyl (C=O) groups is 1. The van der Waals surface area contributed by atoms with E-state index in [1.54, 1.807) is 7.11 Å². The van der Waals surface area contributed by atoms with E-state index in [0.717, 1.165) is 10.0 Å². The van der Waals surface area contributed by atoms with Crippen molar-refractivity contribution in [2.45, 2.75) is 26.4 Å². The molecule has 0 radical (unpaired) electrons. The van der Waals surface area contributed by atoms with E-state index in [4.69, 9.17) is 4.74 Å². The summed E-state index contributed by atoms with van der Waals surface area (Å²) in [6, 6.07) is 5.59. The van der Waals surface area contributed by atoms with Crippen molar-refractivity contribution in [3.8, 4) is 0 Å². The van der Waals surface area contributed by atoms with Gasteiger partial charge in [0.05, 0.1) is 5.60 Å². The largest absolute Gasteiger partial charge is 0.377 e. The molecule has 1 aromatic rings. The van der Waals surface area contributed by atoms with Crippen LogP contribution in [0.5, 0.6) is 0 Å². The van der Waals surface area contributed by atoms with Crippen molar-refractivity contribution in [2.75, 3.05) is 13.7 Å². The average Bonchev–Trinajstić information content (AvgIpc) is 2.30. The SMILES string of the molecule is COC(C)(C)CNC(=O)c1cccc(Br)c1C. The fourth-order valence-corrected chi connectivity index (χ4v) is 1.68. The average molecular weight is 300 g/mol. The molecule has 0 aliphatic carbocycles. The van der Waals surface area contributed by atoms with Crippen molar-refractivity contribution in [3.63, 3.8) is 0 Å². The van der Waals surface area contributed by atoms with Gasteiger partial charge in [-0.3, -0.25) is 4.79 Å². The summed E-state index contributed by atoms with van der Waals surface area (Å²) in [5.74, 6) is -0.0751. The fraction of sp³-hybridized carbons (Fsp3) is 0.462. The van der Waals surface area contributed by atoms with Crippen LogP contribution >= 0.6 is 15.9 Å². The first-order valence-electron chi connectivity index (χ1n) is 5.46. The number of halogens is 1. The molecule has 0 spiro atoms. The highest BCUT2D eigenvalue weighted by Crippen LogP contribution is 2.19. The maximum atomic E-state index is 12.0. The van der Waals surface area contributed by atoms with Gasteiger partial charge in [0, 0.05) is 23.7 Å². The minimum Gasteiger partial charge on any atom is -0.377 e. The minimum absolute atomic E-state index is 0.0751.